The summed E-state index contributed by atoms with van der Waals surface area (Å²) < 4.78 is 7.09. The molecular formula is C28H27ClN2O3. The number of nitrogens with zero attached hydrogens (tertiary/aromatic N) is 2. The van der Waals surface area contributed by atoms with Crippen molar-refractivity contribution in [2.45, 2.75) is 34.2 Å². The van der Waals surface area contributed by atoms with Gasteiger partial charge in [-0.1, -0.05) is 53.6 Å². The lowest BCUT2D eigenvalue weighted by Crippen LogP contribution is -2.24. The number of halogens is 1. The predicted octanol–water partition coefficient (Wildman–Crippen LogP) is 5.93. The molecule has 4 rings (SSSR count). The number of benzene rings is 2. The van der Waals surface area contributed by atoms with Crippen LogP contribution in [0.25, 0.3) is 11.8 Å². The summed E-state index contributed by atoms with van der Waals surface area (Å²) in [7, 11) is 1.33. The quantitative estimate of drug-likeness (QED) is 0.340. The van der Waals surface area contributed by atoms with E-state index in [-0.39, 0.29) is 5.91 Å². The summed E-state index contributed by atoms with van der Waals surface area (Å²) in [4.78, 5) is 27.9. The monoisotopic (exact) mass is 474 g/mol. The van der Waals surface area contributed by atoms with Crippen LogP contribution in [0.2, 0.25) is 5.02 Å². The second-order valence-corrected chi connectivity index (χ2v) is 8.91. The van der Waals surface area contributed by atoms with E-state index in [9.17, 15) is 9.59 Å². The molecule has 0 saturated heterocycles. The summed E-state index contributed by atoms with van der Waals surface area (Å²) in [6, 6.07) is 17.6. The zero-order valence-electron chi connectivity index (χ0n) is 20.0. The van der Waals surface area contributed by atoms with Gasteiger partial charge >= 0.3 is 5.97 Å². The maximum Gasteiger partial charge on any atom is 0.340 e. The van der Waals surface area contributed by atoms with Crippen molar-refractivity contribution in [1.82, 2.24) is 9.47 Å². The molecule has 0 saturated carbocycles. The molecule has 1 aliphatic rings. The van der Waals surface area contributed by atoms with Gasteiger partial charge in [-0.05, 0) is 63.1 Å². The lowest BCUT2D eigenvalue weighted by Gasteiger charge is -2.18. The van der Waals surface area contributed by atoms with Crippen molar-refractivity contribution in [3.63, 3.8) is 0 Å². The van der Waals surface area contributed by atoms with E-state index in [0.29, 0.717) is 28.4 Å². The molecule has 0 bridgehead atoms. The number of carbonyl (C=O) groups is 2. The van der Waals surface area contributed by atoms with E-state index in [4.69, 9.17) is 16.3 Å². The first-order valence-corrected chi connectivity index (χ1v) is 11.4. The van der Waals surface area contributed by atoms with E-state index in [1.165, 1.54) is 7.11 Å². The van der Waals surface area contributed by atoms with E-state index in [1.807, 2.05) is 79.9 Å². The van der Waals surface area contributed by atoms with Crippen LogP contribution in [-0.2, 0) is 20.9 Å². The second-order valence-electron chi connectivity index (χ2n) is 8.50. The van der Waals surface area contributed by atoms with Gasteiger partial charge in [-0.3, -0.25) is 4.79 Å². The third-order valence-electron chi connectivity index (χ3n) is 6.23. The standard InChI is InChI=1S/C28H27ClN2O3/c1-17-10-12-21(13-11-17)16-30-20(4)26(28(33)34-5)23(27(30)32)15-22-14-18(2)31(19(22)3)25-9-7-6-8-24(25)29/h6-15H,16H2,1-5H3/b23-15-. The molecule has 2 heterocycles. The second kappa shape index (κ2) is 9.35. The maximum atomic E-state index is 13.5. The number of hydrogen-bond acceptors (Lipinski definition) is 3. The molecule has 0 unspecified atom stereocenters. The maximum absolute atomic E-state index is 13.5. The van der Waals surface area contributed by atoms with E-state index < -0.39 is 5.97 Å². The molecule has 174 valence electrons. The summed E-state index contributed by atoms with van der Waals surface area (Å²) in [6.07, 6.45) is 1.78. The number of rotatable bonds is 5. The average molecular weight is 475 g/mol. The summed E-state index contributed by atoms with van der Waals surface area (Å²) >= 11 is 6.45. The van der Waals surface area contributed by atoms with Crippen molar-refractivity contribution < 1.29 is 14.3 Å². The molecule has 0 N–H and O–H groups in total. The highest BCUT2D eigenvalue weighted by atomic mass is 35.5. The lowest BCUT2D eigenvalue weighted by molar-refractivity contribution is -0.136. The average Bonchev–Trinajstić information content (AvgIpc) is 3.22. The highest BCUT2D eigenvalue weighted by molar-refractivity contribution is 6.32. The Balaban J connectivity index is 1.79. The smallest absolute Gasteiger partial charge is 0.340 e. The van der Waals surface area contributed by atoms with Gasteiger partial charge in [-0.25, -0.2) is 4.79 Å². The van der Waals surface area contributed by atoms with Crippen LogP contribution in [-0.4, -0.2) is 28.5 Å². The highest BCUT2D eigenvalue weighted by Crippen LogP contribution is 2.34. The summed E-state index contributed by atoms with van der Waals surface area (Å²) in [5, 5.41) is 0.635. The van der Waals surface area contributed by atoms with Crippen LogP contribution < -0.4 is 0 Å². The number of aromatic nitrogens is 1. The van der Waals surface area contributed by atoms with E-state index >= 15 is 0 Å². The lowest BCUT2D eigenvalue weighted by atomic mass is 10.0. The predicted molar refractivity (Wildman–Crippen MR) is 135 cm³/mol. The van der Waals surface area contributed by atoms with Crippen LogP contribution in [0.5, 0.6) is 0 Å². The number of carbonyl (C=O) groups excluding carboxylic acids is 2. The Kier molecular flexibility index (Phi) is 6.49. The summed E-state index contributed by atoms with van der Waals surface area (Å²) in [5.74, 6) is -0.746. The number of methoxy groups -OCH3 is 1. The van der Waals surface area contributed by atoms with Gasteiger partial charge < -0.3 is 14.2 Å². The van der Waals surface area contributed by atoms with Crippen molar-refractivity contribution in [3.05, 3.63) is 105 Å². The largest absolute Gasteiger partial charge is 0.465 e. The molecule has 0 fully saturated rings. The Labute approximate surface area is 204 Å². The van der Waals surface area contributed by atoms with Gasteiger partial charge in [0, 0.05) is 17.1 Å². The van der Waals surface area contributed by atoms with E-state index in [2.05, 4.69) is 0 Å². The Morgan fingerprint density at radius 2 is 1.71 bits per heavy atom. The zero-order chi connectivity index (χ0) is 24.6. The van der Waals surface area contributed by atoms with Crippen molar-refractivity contribution in [1.29, 1.82) is 0 Å². The number of ether oxygens (including phenoxy) is 1. The number of amides is 1. The van der Waals surface area contributed by atoms with Crippen LogP contribution in [0, 0.1) is 20.8 Å². The zero-order valence-corrected chi connectivity index (χ0v) is 20.7. The van der Waals surface area contributed by atoms with Gasteiger partial charge in [0.05, 0.1) is 35.5 Å². The third-order valence-corrected chi connectivity index (χ3v) is 6.55. The fourth-order valence-corrected chi connectivity index (χ4v) is 4.61. The molecule has 5 nitrogen and oxygen atoms in total. The van der Waals surface area contributed by atoms with Crippen molar-refractivity contribution in [2.24, 2.45) is 0 Å². The molecule has 0 radical (unpaired) electrons. The van der Waals surface area contributed by atoms with Gasteiger partial charge in [-0.2, -0.15) is 0 Å². The molecule has 34 heavy (non-hydrogen) atoms. The summed E-state index contributed by atoms with van der Waals surface area (Å²) in [6.45, 7) is 8.14. The van der Waals surface area contributed by atoms with Crippen LogP contribution in [0.15, 0.2) is 71.4 Å². The van der Waals surface area contributed by atoms with Crippen LogP contribution >= 0.6 is 11.6 Å². The molecule has 6 heteroatoms. The van der Waals surface area contributed by atoms with Gasteiger partial charge in [-0.15, -0.1) is 0 Å². The van der Waals surface area contributed by atoms with Gasteiger partial charge in [0.1, 0.15) is 0 Å². The normalized spacial score (nSPS) is 14.9. The van der Waals surface area contributed by atoms with E-state index in [1.54, 1.807) is 17.9 Å². The van der Waals surface area contributed by atoms with E-state index in [0.717, 1.165) is 33.8 Å². The number of para-hydroxylation sites is 1. The minimum Gasteiger partial charge on any atom is -0.465 e. The Bertz CT molecular complexity index is 1350. The molecule has 0 aliphatic carbocycles. The SMILES string of the molecule is COC(=O)C1=C(C)N(Cc2ccc(C)cc2)C(=O)/C1=C\c1cc(C)n(-c2ccccc2Cl)c1C. The van der Waals surface area contributed by atoms with Gasteiger partial charge in [0.2, 0.25) is 0 Å². The number of esters is 1. The van der Waals surface area contributed by atoms with Crippen molar-refractivity contribution in [2.75, 3.05) is 7.11 Å². The first-order valence-electron chi connectivity index (χ1n) is 11.1. The summed E-state index contributed by atoms with van der Waals surface area (Å²) in [5.41, 5.74) is 6.94. The first-order chi connectivity index (χ1) is 16.2. The molecular weight excluding hydrogens is 448 g/mol. The molecule has 1 aromatic heterocycles. The Morgan fingerprint density at radius 3 is 2.35 bits per heavy atom. The minimum atomic E-state index is -0.525. The van der Waals surface area contributed by atoms with Gasteiger partial charge in [0.15, 0.2) is 0 Å². The minimum absolute atomic E-state index is 0.221. The molecule has 2 aromatic carbocycles. The van der Waals surface area contributed by atoms with Crippen molar-refractivity contribution in [3.8, 4) is 5.69 Å². The molecule has 1 aliphatic heterocycles. The third kappa shape index (κ3) is 4.19. The number of hydrogen-bond donors (Lipinski definition) is 0. The Hall–Kier alpha value is -3.57. The van der Waals surface area contributed by atoms with Crippen LogP contribution in [0.3, 0.4) is 0 Å². The molecule has 3 aromatic rings. The topological polar surface area (TPSA) is 51.5 Å². The van der Waals surface area contributed by atoms with Gasteiger partial charge in [0.25, 0.3) is 5.91 Å². The highest BCUT2D eigenvalue weighted by Gasteiger charge is 2.37. The number of aryl methyl sites for hydroxylation is 2. The fourth-order valence-electron chi connectivity index (χ4n) is 4.39. The number of allylic oxidation sites excluding steroid dienone is 1. The van der Waals surface area contributed by atoms with Crippen molar-refractivity contribution >= 4 is 29.6 Å². The molecule has 1 amide bonds. The molecule has 0 atom stereocenters. The first kappa shape index (κ1) is 23.6. The Morgan fingerprint density at radius 1 is 1.03 bits per heavy atom. The van der Waals surface area contributed by atoms with Crippen LogP contribution in [0.1, 0.15) is 35.0 Å². The fraction of sp³-hybridized carbons (Fsp3) is 0.214. The van der Waals surface area contributed by atoms with Crippen LogP contribution in [0.4, 0.5) is 0 Å². The molecule has 0 spiro atoms.